The van der Waals surface area contributed by atoms with Crippen molar-refractivity contribution in [3.8, 4) is 0 Å². The lowest BCUT2D eigenvalue weighted by Crippen LogP contribution is -2.28. The van der Waals surface area contributed by atoms with Crippen molar-refractivity contribution in [3.63, 3.8) is 0 Å². The highest BCUT2D eigenvalue weighted by Crippen LogP contribution is 2.13. The molecule has 2 rings (SSSR count). The Bertz CT molecular complexity index is 534. The van der Waals surface area contributed by atoms with E-state index in [1.807, 2.05) is 31.3 Å². The zero-order valence-corrected chi connectivity index (χ0v) is 9.68. The third-order valence-corrected chi connectivity index (χ3v) is 2.55. The predicted octanol–water partition coefficient (Wildman–Crippen LogP) is 0.619. The number of rotatable bonds is 4. The minimum atomic E-state index is -0.199. The Morgan fingerprint density at radius 1 is 1.53 bits per heavy atom. The van der Waals surface area contributed by atoms with Crippen LogP contribution in [0.2, 0.25) is 0 Å². The SMILES string of the molecule is CCc1nc2ccccn2c1C(=O)NCCO. The van der Waals surface area contributed by atoms with Gasteiger partial charge in [-0.2, -0.15) is 0 Å². The van der Waals surface area contributed by atoms with E-state index in [1.54, 1.807) is 4.40 Å². The summed E-state index contributed by atoms with van der Waals surface area (Å²) in [5.41, 5.74) is 2.08. The van der Waals surface area contributed by atoms with Crippen LogP contribution in [0.15, 0.2) is 24.4 Å². The standard InChI is InChI=1S/C12H15N3O2/c1-2-9-11(12(17)13-6-8-16)15-7-4-3-5-10(15)14-9/h3-5,7,16H,2,6,8H2,1H3,(H,13,17). The molecule has 0 saturated heterocycles. The van der Waals surface area contributed by atoms with Crippen molar-refractivity contribution in [1.29, 1.82) is 0 Å². The van der Waals surface area contributed by atoms with Gasteiger partial charge in [-0.05, 0) is 18.6 Å². The molecule has 0 saturated carbocycles. The number of nitrogens with one attached hydrogen (secondary N) is 1. The van der Waals surface area contributed by atoms with Crippen molar-refractivity contribution in [3.05, 3.63) is 35.8 Å². The summed E-state index contributed by atoms with van der Waals surface area (Å²) in [7, 11) is 0. The van der Waals surface area contributed by atoms with E-state index in [-0.39, 0.29) is 19.1 Å². The molecule has 0 aliphatic carbocycles. The van der Waals surface area contributed by atoms with Gasteiger partial charge in [0.05, 0.1) is 12.3 Å². The average Bonchev–Trinajstić information content (AvgIpc) is 2.74. The van der Waals surface area contributed by atoms with Gasteiger partial charge >= 0.3 is 0 Å². The van der Waals surface area contributed by atoms with E-state index in [4.69, 9.17) is 5.11 Å². The third-order valence-electron chi connectivity index (χ3n) is 2.55. The molecule has 0 aliphatic rings. The molecule has 90 valence electrons. The summed E-state index contributed by atoms with van der Waals surface area (Å²) in [5, 5.41) is 11.4. The molecular formula is C12H15N3O2. The highest BCUT2D eigenvalue weighted by atomic mass is 16.3. The van der Waals surface area contributed by atoms with E-state index in [0.29, 0.717) is 12.1 Å². The number of fused-ring (bicyclic) bond motifs is 1. The number of carbonyl (C=O) groups is 1. The monoisotopic (exact) mass is 233 g/mol. The number of aromatic nitrogens is 2. The summed E-state index contributed by atoms with van der Waals surface area (Å²) >= 11 is 0. The fraction of sp³-hybridized carbons (Fsp3) is 0.333. The lowest BCUT2D eigenvalue weighted by atomic mass is 10.2. The first-order valence-electron chi connectivity index (χ1n) is 5.63. The van der Waals surface area contributed by atoms with Gasteiger partial charge < -0.3 is 10.4 Å². The van der Waals surface area contributed by atoms with Crippen molar-refractivity contribution in [1.82, 2.24) is 14.7 Å². The number of amides is 1. The molecule has 0 atom stereocenters. The summed E-state index contributed by atoms with van der Waals surface area (Å²) in [6.07, 6.45) is 2.51. The van der Waals surface area contributed by atoms with Crippen LogP contribution in [0.1, 0.15) is 23.1 Å². The van der Waals surface area contributed by atoms with Gasteiger partial charge in [0.25, 0.3) is 5.91 Å². The van der Waals surface area contributed by atoms with E-state index in [9.17, 15) is 4.79 Å². The molecular weight excluding hydrogens is 218 g/mol. The Morgan fingerprint density at radius 3 is 3.06 bits per heavy atom. The highest BCUT2D eigenvalue weighted by Gasteiger charge is 2.16. The topological polar surface area (TPSA) is 66.6 Å². The van der Waals surface area contributed by atoms with Crippen LogP contribution in [0.5, 0.6) is 0 Å². The van der Waals surface area contributed by atoms with Crippen molar-refractivity contribution >= 4 is 11.6 Å². The van der Waals surface area contributed by atoms with Gasteiger partial charge in [-0.3, -0.25) is 9.20 Å². The first-order chi connectivity index (χ1) is 8.27. The Labute approximate surface area is 99.1 Å². The lowest BCUT2D eigenvalue weighted by Gasteiger charge is -2.04. The molecule has 2 N–H and O–H groups in total. The second-order valence-corrected chi connectivity index (χ2v) is 3.67. The maximum atomic E-state index is 12.0. The molecule has 5 nitrogen and oxygen atoms in total. The fourth-order valence-electron chi connectivity index (χ4n) is 1.78. The van der Waals surface area contributed by atoms with Crippen molar-refractivity contribution < 1.29 is 9.90 Å². The molecule has 0 fully saturated rings. The molecule has 17 heavy (non-hydrogen) atoms. The van der Waals surface area contributed by atoms with E-state index >= 15 is 0 Å². The van der Waals surface area contributed by atoms with Gasteiger partial charge in [0.1, 0.15) is 11.3 Å². The number of hydrogen-bond donors (Lipinski definition) is 2. The van der Waals surface area contributed by atoms with Gasteiger partial charge in [-0.25, -0.2) is 4.98 Å². The van der Waals surface area contributed by atoms with Crippen LogP contribution in [-0.2, 0) is 6.42 Å². The van der Waals surface area contributed by atoms with Crippen LogP contribution < -0.4 is 5.32 Å². The van der Waals surface area contributed by atoms with Gasteiger partial charge in [-0.15, -0.1) is 0 Å². The molecule has 2 heterocycles. The van der Waals surface area contributed by atoms with E-state index in [1.165, 1.54) is 0 Å². The number of aryl methyl sites for hydroxylation is 1. The molecule has 0 aromatic carbocycles. The first-order valence-corrected chi connectivity index (χ1v) is 5.63. The van der Waals surface area contributed by atoms with Crippen LogP contribution >= 0.6 is 0 Å². The number of carbonyl (C=O) groups excluding carboxylic acids is 1. The van der Waals surface area contributed by atoms with E-state index < -0.39 is 0 Å². The number of nitrogens with zero attached hydrogens (tertiary/aromatic N) is 2. The quantitative estimate of drug-likeness (QED) is 0.813. The largest absolute Gasteiger partial charge is 0.395 e. The Hall–Kier alpha value is -1.88. The van der Waals surface area contributed by atoms with E-state index in [0.717, 1.165) is 11.3 Å². The van der Waals surface area contributed by atoms with Crippen molar-refractivity contribution in [2.45, 2.75) is 13.3 Å². The van der Waals surface area contributed by atoms with Crippen molar-refractivity contribution in [2.24, 2.45) is 0 Å². The maximum absolute atomic E-state index is 12.0. The number of hydrogen-bond acceptors (Lipinski definition) is 3. The molecule has 1 amide bonds. The third kappa shape index (κ3) is 2.14. The minimum absolute atomic E-state index is 0.0655. The molecule has 2 aromatic rings. The summed E-state index contributed by atoms with van der Waals surface area (Å²) in [6.45, 7) is 2.15. The number of pyridine rings is 1. The van der Waals surface area contributed by atoms with Gasteiger partial charge in [0.2, 0.25) is 0 Å². The summed E-state index contributed by atoms with van der Waals surface area (Å²) in [6, 6.07) is 5.61. The molecule has 0 aliphatic heterocycles. The zero-order chi connectivity index (χ0) is 12.3. The molecule has 0 spiro atoms. The normalized spacial score (nSPS) is 10.7. The fourth-order valence-corrected chi connectivity index (χ4v) is 1.78. The van der Waals surface area contributed by atoms with Crippen LogP contribution in [0.3, 0.4) is 0 Å². The maximum Gasteiger partial charge on any atom is 0.270 e. The number of aliphatic hydroxyl groups excluding tert-OH is 1. The van der Waals surface area contributed by atoms with Crippen LogP contribution in [-0.4, -0.2) is 33.6 Å². The van der Waals surface area contributed by atoms with Gasteiger partial charge in [0, 0.05) is 12.7 Å². The Balaban J connectivity index is 2.46. The second kappa shape index (κ2) is 4.97. The molecule has 0 bridgehead atoms. The average molecular weight is 233 g/mol. The predicted molar refractivity (Wildman–Crippen MR) is 64.0 cm³/mol. The second-order valence-electron chi connectivity index (χ2n) is 3.67. The molecule has 2 aromatic heterocycles. The summed E-state index contributed by atoms with van der Waals surface area (Å²) in [4.78, 5) is 16.4. The lowest BCUT2D eigenvalue weighted by molar-refractivity contribution is 0.0938. The Morgan fingerprint density at radius 2 is 2.35 bits per heavy atom. The van der Waals surface area contributed by atoms with Crippen molar-refractivity contribution in [2.75, 3.05) is 13.2 Å². The van der Waals surface area contributed by atoms with Crippen LogP contribution in [0, 0.1) is 0 Å². The smallest absolute Gasteiger partial charge is 0.270 e. The number of aliphatic hydroxyl groups is 1. The molecule has 0 radical (unpaired) electrons. The first kappa shape index (κ1) is 11.6. The summed E-state index contributed by atoms with van der Waals surface area (Å²) < 4.78 is 1.77. The van der Waals surface area contributed by atoms with Gasteiger partial charge in [-0.1, -0.05) is 13.0 Å². The van der Waals surface area contributed by atoms with E-state index in [2.05, 4.69) is 10.3 Å². The minimum Gasteiger partial charge on any atom is -0.395 e. The number of imidazole rings is 1. The Kier molecular flexibility index (Phi) is 3.39. The highest BCUT2D eigenvalue weighted by molar-refractivity contribution is 5.94. The molecule has 5 heteroatoms. The zero-order valence-electron chi connectivity index (χ0n) is 9.68. The van der Waals surface area contributed by atoms with Crippen LogP contribution in [0.25, 0.3) is 5.65 Å². The summed E-state index contributed by atoms with van der Waals surface area (Å²) in [5.74, 6) is -0.199. The van der Waals surface area contributed by atoms with Crippen LogP contribution in [0.4, 0.5) is 0 Å². The van der Waals surface area contributed by atoms with Gasteiger partial charge in [0.15, 0.2) is 0 Å². The molecule has 0 unspecified atom stereocenters.